The lowest BCUT2D eigenvalue weighted by molar-refractivity contribution is -0.138. The van der Waals surface area contributed by atoms with Crippen molar-refractivity contribution in [2.75, 3.05) is 0 Å². The molecule has 0 saturated heterocycles. The molecule has 0 spiro atoms. The van der Waals surface area contributed by atoms with Crippen LogP contribution in [0.2, 0.25) is 0 Å². The van der Waals surface area contributed by atoms with Gasteiger partial charge in [0, 0.05) is 7.05 Å². The fraction of sp³-hybridized carbons (Fsp3) is 0.333. The molecule has 5 heteroatoms. The van der Waals surface area contributed by atoms with Crippen molar-refractivity contribution in [3.8, 4) is 0 Å². The Bertz CT molecular complexity index is 574. The van der Waals surface area contributed by atoms with Gasteiger partial charge in [0.15, 0.2) is 0 Å². The maximum atomic E-state index is 10.7. The molecule has 5 nitrogen and oxygen atoms in total. The number of benzene rings is 1. The van der Waals surface area contributed by atoms with E-state index in [1.807, 2.05) is 36.7 Å². The van der Waals surface area contributed by atoms with E-state index in [4.69, 9.17) is 10.8 Å². The SMILES string of the molecule is Cc1nc2cc(CC(N)C(=O)O)ccc2n1C. The van der Waals surface area contributed by atoms with Gasteiger partial charge in [-0.15, -0.1) is 0 Å². The van der Waals surface area contributed by atoms with Gasteiger partial charge < -0.3 is 15.4 Å². The maximum Gasteiger partial charge on any atom is 0.320 e. The molecule has 1 aromatic carbocycles. The summed E-state index contributed by atoms with van der Waals surface area (Å²) in [5.74, 6) is -0.0537. The smallest absolute Gasteiger partial charge is 0.320 e. The summed E-state index contributed by atoms with van der Waals surface area (Å²) < 4.78 is 2.00. The van der Waals surface area contributed by atoms with Gasteiger partial charge in [-0.25, -0.2) is 4.98 Å². The molecule has 0 aliphatic rings. The molecule has 3 N–H and O–H groups in total. The van der Waals surface area contributed by atoms with E-state index in [2.05, 4.69) is 4.98 Å². The van der Waals surface area contributed by atoms with Gasteiger partial charge in [0.2, 0.25) is 0 Å². The number of rotatable bonds is 3. The van der Waals surface area contributed by atoms with Crippen molar-refractivity contribution in [3.05, 3.63) is 29.6 Å². The second-order valence-electron chi connectivity index (χ2n) is 4.19. The Morgan fingerprint density at radius 2 is 2.29 bits per heavy atom. The third-order valence-corrected chi connectivity index (χ3v) is 2.94. The van der Waals surface area contributed by atoms with E-state index in [0.29, 0.717) is 6.42 Å². The van der Waals surface area contributed by atoms with E-state index >= 15 is 0 Å². The second-order valence-corrected chi connectivity index (χ2v) is 4.19. The molecule has 2 rings (SSSR count). The number of carboxylic acid groups (broad SMARTS) is 1. The Hall–Kier alpha value is -1.88. The van der Waals surface area contributed by atoms with Crippen molar-refractivity contribution in [2.45, 2.75) is 19.4 Å². The molecule has 1 aromatic heterocycles. The van der Waals surface area contributed by atoms with Crippen molar-refractivity contribution >= 4 is 17.0 Å². The minimum atomic E-state index is -0.984. The highest BCUT2D eigenvalue weighted by molar-refractivity contribution is 5.78. The zero-order valence-electron chi connectivity index (χ0n) is 9.84. The molecule has 0 bridgehead atoms. The van der Waals surface area contributed by atoms with Gasteiger partial charge in [-0.2, -0.15) is 0 Å². The van der Waals surface area contributed by atoms with Gasteiger partial charge in [-0.05, 0) is 31.0 Å². The second kappa shape index (κ2) is 4.18. The molecule has 0 saturated carbocycles. The fourth-order valence-corrected chi connectivity index (χ4v) is 1.83. The van der Waals surface area contributed by atoms with E-state index in [0.717, 1.165) is 22.4 Å². The van der Waals surface area contributed by atoms with Crippen LogP contribution in [-0.4, -0.2) is 26.7 Å². The molecular weight excluding hydrogens is 218 g/mol. The number of aryl methyl sites for hydroxylation is 2. The van der Waals surface area contributed by atoms with E-state index in [1.165, 1.54) is 0 Å². The lowest BCUT2D eigenvalue weighted by atomic mass is 10.1. The third-order valence-electron chi connectivity index (χ3n) is 2.94. The highest BCUT2D eigenvalue weighted by Gasteiger charge is 2.13. The number of nitrogens with two attached hydrogens (primary N) is 1. The molecule has 1 heterocycles. The van der Waals surface area contributed by atoms with Crippen molar-refractivity contribution in [1.82, 2.24) is 9.55 Å². The molecule has 2 aromatic rings. The number of carboxylic acids is 1. The van der Waals surface area contributed by atoms with Crippen LogP contribution in [-0.2, 0) is 18.3 Å². The Labute approximate surface area is 98.9 Å². The molecule has 1 unspecified atom stereocenters. The summed E-state index contributed by atoms with van der Waals surface area (Å²) >= 11 is 0. The zero-order chi connectivity index (χ0) is 12.6. The Morgan fingerprint density at radius 3 is 2.94 bits per heavy atom. The summed E-state index contributed by atoms with van der Waals surface area (Å²) in [6, 6.07) is 4.87. The van der Waals surface area contributed by atoms with Gasteiger partial charge in [-0.3, -0.25) is 4.79 Å². The van der Waals surface area contributed by atoms with Crippen LogP contribution in [0.15, 0.2) is 18.2 Å². The first-order chi connectivity index (χ1) is 7.99. The fourth-order valence-electron chi connectivity index (χ4n) is 1.83. The highest BCUT2D eigenvalue weighted by Crippen LogP contribution is 2.17. The normalized spacial score (nSPS) is 12.9. The standard InChI is InChI=1S/C12H15N3O2/c1-7-14-10-6-8(5-9(13)12(16)17)3-4-11(10)15(7)2/h3-4,6,9H,5,13H2,1-2H3,(H,16,17). The summed E-state index contributed by atoms with van der Waals surface area (Å²) in [5.41, 5.74) is 8.31. The van der Waals surface area contributed by atoms with Crippen LogP contribution in [0, 0.1) is 6.92 Å². The number of carbonyl (C=O) groups is 1. The number of hydrogen-bond donors (Lipinski definition) is 2. The first-order valence-electron chi connectivity index (χ1n) is 5.39. The summed E-state index contributed by atoms with van der Waals surface area (Å²) in [4.78, 5) is 15.1. The number of imidazole rings is 1. The van der Waals surface area contributed by atoms with Gasteiger partial charge in [0.1, 0.15) is 11.9 Å². The average Bonchev–Trinajstić information content (AvgIpc) is 2.54. The number of aliphatic carboxylic acids is 1. The van der Waals surface area contributed by atoms with Crippen LogP contribution >= 0.6 is 0 Å². The molecule has 0 aliphatic carbocycles. The predicted molar refractivity (Wildman–Crippen MR) is 64.8 cm³/mol. The molecule has 90 valence electrons. The van der Waals surface area contributed by atoms with E-state index < -0.39 is 12.0 Å². The lowest BCUT2D eigenvalue weighted by Gasteiger charge is -2.06. The maximum absolute atomic E-state index is 10.7. The number of fused-ring (bicyclic) bond motifs is 1. The minimum Gasteiger partial charge on any atom is -0.480 e. The van der Waals surface area contributed by atoms with Crippen LogP contribution in [0.4, 0.5) is 0 Å². The van der Waals surface area contributed by atoms with Crippen molar-refractivity contribution in [1.29, 1.82) is 0 Å². The quantitative estimate of drug-likeness (QED) is 0.823. The summed E-state index contributed by atoms with van der Waals surface area (Å²) in [6.07, 6.45) is 0.320. The Kier molecular flexibility index (Phi) is 2.85. The summed E-state index contributed by atoms with van der Waals surface area (Å²) in [6.45, 7) is 1.93. The molecule has 0 radical (unpaired) electrons. The van der Waals surface area contributed by atoms with Crippen LogP contribution in [0.25, 0.3) is 11.0 Å². The van der Waals surface area contributed by atoms with Gasteiger partial charge in [0.05, 0.1) is 11.0 Å². The monoisotopic (exact) mass is 233 g/mol. The topological polar surface area (TPSA) is 81.1 Å². The van der Waals surface area contributed by atoms with Crippen molar-refractivity contribution < 1.29 is 9.90 Å². The van der Waals surface area contributed by atoms with Gasteiger partial charge >= 0.3 is 5.97 Å². The summed E-state index contributed by atoms with van der Waals surface area (Å²) in [7, 11) is 1.95. The molecular formula is C12H15N3O2. The Balaban J connectivity index is 2.35. The first kappa shape index (κ1) is 11.6. The zero-order valence-corrected chi connectivity index (χ0v) is 9.84. The van der Waals surface area contributed by atoms with Crippen LogP contribution in [0.1, 0.15) is 11.4 Å². The Morgan fingerprint density at radius 1 is 1.59 bits per heavy atom. The first-order valence-corrected chi connectivity index (χ1v) is 5.39. The molecule has 0 amide bonds. The number of nitrogens with zero attached hydrogens (tertiary/aromatic N) is 2. The largest absolute Gasteiger partial charge is 0.480 e. The highest BCUT2D eigenvalue weighted by atomic mass is 16.4. The van der Waals surface area contributed by atoms with Crippen LogP contribution < -0.4 is 5.73 Å². The van der Waals surface area contributed by atoms with Gasteiger partial charge in [0.25, 0.3) is 0 Å². The molecule has 1 atom stereocenters. The van der Waals surface area contributed by atoms with Crippen molar-refractivity contribution in [3.63, 3.8) is 0 Å². The lowest BCUT2D eigenvalue weighted by Crippen LogP contribution is -2.32. The van der Waals surface area contributed by atoms with Gasteiger partial charge in [-0.1, -0.05) is 6.07 Å². The van der Waals surface area contributed by atoms with Crippen LogP contribution in [0.5, 0.6) is 0 Å². The summed E-state index contributed by atoms with van der Waals surface area (Å²) in [5, 5.41) is 8.76. The number of hydrogen-bond acceptors (Lipinski definition) is 3. The number of aromatic nitrogens is 2. The van der Waals surface area contributed by atoms with E-state index in [1.54, 1.807) is 0 Å². The van der Waals surface area contributed by atoms with E-state index in [-0.39, 0.29) is 0 Å². The molecule has 0 fully saturated rings. The van der Waals surface area contributed by atoms with Crippen LogP contribution in [0.3, 0.4) is 0 Å². The minimum absolute atomic E-state index is 0.320. The average molecular weight is 233 g/mol. The molecule has 0 aliphatic heterocycles. The van der Waals surface area contributed by atoms with E-state index in [9.17, 15) is 4.79 Å². The predicted octanol–water partition coefficient (Wildman–Crippen LogP) is 0.836. The van der Waals surface area contributed by atoms with Crippen molar-refractivity contribution in [2.24, 2.45) is 12.8 Å². The molecule has 17 heavy (non-hydrogen) atoms. The third kappa shape index (κ3) is 2.14.